The van der Waals surface area contributed by atoms with Gasteiger partial charge in [-0.2, -0.15) is 0 Å². The first kappa shape index (κ1) is 34.9. The molecular weight excluding hydrogens is 723 g/mol. The minimum atomic E-state index is -0.780. The summed E-state index contributed by atoms with van der Waals surface area (Å²) >= 11 is 21.9. The van der Waals surface area contributed by atoms with Crippen LogP contribution in [0.2, 0.25) is 15.1 Å². The normalized spacial score (nSPS) is 14.3. The molecule has 49 heavy (non-hydrogen) atoms. The summed E-state index contributed by atoms with van der Waals surface area (Å²) in [4.78, 5) is 34.4. The van der Waals surface area contributed by atoms with Gasteiger partial charge < -0.3 is 14.2 Å². The molecule has 1 aromatic heterocycles. The van der Waals surface area contributed by atoms with Gasteiger partial charge in [0, 0.05) is 26.1 Å². The number of esters is 1. The van der Waals surface area contributed by atoms with Crippen LogP contribution in [0.3, 0.4) is 0 Å². The smallest absolute Gasteiger partial charge is 0.338 e. The van der Waals surface area contributed by atoms with E-state index in [1.807, 2.05) is 60.9 Å². The Balaban J connectivity index is 1.48. The minimum Gasteiger partial charge on any atom is -0.493 e. The number of thiazole rings is 1. The van der Waals surface area contributed by atoms with E-state index in [4.69, 9.17) is 54.0 Å². The lowest BCUT2D eigenvalue weighted by Gasteiger charge is -2.26. The monoisotopic (exact) mass is 750 g/mol. The fourth-order valence-corrected chi connectivity index (χ4v) is 7.59. The van der Waals surface area contributed by atoms with Crippen molar-refractivity contribution in [2.45, 2.75) is 24.5 Å². The second-order valence-corrected chi connectivity index (χ2v) is 13.9. The molecule has 0 bridgehead atoms. The van der Waals surface area contributed by atoms with Crippen molar-refractivity contribution < 1.29 is 19.0 Å². The summed E-state index contributed by atoms with van der Waals surface area (Å²) in [6.07, 6.45) is 3.72. The first-order valence-corrected chi connectivity index (χ1v) is 18.3. The maximum absolute atomic E-state index is 14.3. The van der Waals surface area contributed by atoms with Crippen LogP contribution in [-0.4, -0.2) is 30.5 Å². The summed E-state index contributed by atoms with van der Waals surface area (Å²) in [5.74, 6) is 0.165. The van der Waals surface area contributed by atoms with Crippen LogP contribution in [0.4, 0.5) is 0 Å². The lowest BCUT2D eigenvalue weighted by molar-refractivity contribution is -0.138. The topological polar surface area (TPSA) is 79.1 Å². The highest BCUT2D eigenvalue weighted by Gasteiger charge is 2.35. The number of rotatable bonds is 10. The van der Waals surface area contributed by atoms with E-state index in [0.29, 0.717) is 42.1 Å². The van der Waals surface area contributed by atoms with Crippen molar-refractivity contribution >= 4 is 75.6 Å². The molecule has 1 aliphatic heterocycles. The Morgan fingerprint density at radius 2 is 1.76 bits per heavy atom. The number of methoxy groups -OCH3 is 1. The highest BCUT2D eigenvalue weighted by molar-refractivity contribution is 7.98. The quantitative estimate of drug-likeness (QED) is 0.106. The molecule has 0 unspecified atom stereocenters. The van der Waals surface area contributed by atoms with Crippen LogP contribution in [-0.2, 0) is 16.1 Å². The summed E-state index contributed by atoms with van der Waals surface area (Å²) in [6, 6.07) is 25.0. The number of hydrogen-bond acceptors (Lipinski definition) is 8. The van der Waals surface area contributed by atoms with Crippen molar-refractivity contribution in [3.63, 3.8) is 0 Å². The van der Waals surface area contributed by atoms with Crippen molar-refractivity contribution in [3.8, 4) is 11.5 Å². The van der Waals surface area contributed by atoms with Crippen LogP contribution in [0.25, 0.3) is 11.8 Å². The SMILES string of the molecule is CCOC(=O)C1=C(c2ccccc2)N=c2s/c(=C\c3cc(Cl)c(OCc4ccc(Cl)cc4Cl)c(OC)c3)c(=O)n2[C@H]1c1ccc(SC)cc1. The number of carbonyl (C=O) groups excluding carboxylic acids is 1. The molecule has 1 atom stereocenters. The molecule has 0 spiro atoms. The fourth-order valence-electron chi connectivity index (χ4n) is 5.45. The molecule has 2 heterocycles. The summed E-state index contributed by atoms with van der Waals surface area (Å²) in [7, 11) is 1.51. The van der Waals surface area contributed by atoms with E-state index in [1.165, 1.54) is 18.4 Å². The third-order valence-corrected chi connectivity index (χ3v) is 10.3. The number of ether oxygens (including phenoxy) is 3. The van der Waals surface area contributed by atoms with Gasteiger partial charge in [-0.25, -0.2) is 9.79 Å². The van der Waals surface area contributed by atoms with Gasteiger partial charge in [0.2, 0.25) is 0 Å². The number of benzene rings is 4. The van der Waals surface area contributed by atoms with Crippen molar-refractivity contribution in [2.75, 3.05) is 20.0 Å². The summed E-state index contributed by atoms with van der Waals surface area (Å²) in [5.41, 5.74) is 3.25. The molecule has 0 aliphatic carbocycles. The molecule has 1 aliphatic rings. The van der Waals surface area contributed by atoms with Crippen LogP contribution in [0.1, 0.15) is 35.2 Å². The number of thioether (sulfide) groups is 1. The van der Waals surface area contributed by atoms with Crippen molar-refractivity contribution in [1.82, 2.24) is 4.57 Å². The maximum atomic E-state index is 14.3. The zero-order valence-corrected chi connectivity index (χ0v) is 30.4. The number of halogens is 3. The minimum absolute atomic E-state index is 0.133. The Morgan fingerprint density at radius 1 is 1.00 bits per heavy atom. The van der Waals surface area contributed by atoms with Gasteiger partial charge in [0.05, 0.1) is 40.6 Å². The molecule has 0 radical (unpaired) electrons. The molecule has 5 aromatic rings. The molecule has 0 N–H and O–H groups in total. The van der Waals surface area contributed by atoms with Crippen molar-refractivity contribution in [1.29, 1.82) is 0 Å². The molecule has 4 aromatic carbocycles. The van der Waals surface area contributed by atoms with Gasteiger partial charge in [-0.05, 0) is 66.8 Å². The Morgan fingerprint density at radius 3 is 2.43 bits per heavy atom. The van der Waals surface area contributed by atoms with Crippen LogP contribution in [0.15, 0.2) is 105 Å². The zero-order chi connectivity index (χ0) is 34.7. The third-order valence-electron chi connectivity index (χ3n) is 7.74. The van der Waals surface area contributed by atoms with Gasteiger partial charge in [0.15, 0.2) is 16.3 Å². The number of aromatic nitrogens is 1. The first-order valence-electron chi connectivity index (χ1n) is 15.1. The van der Waals surface area contributed by atoms with E-state index in [9.17, 15) is 9.59 Å². The van der Waals surface area contributed by atoms with E-state index < -0.39 is 12.0 Å². The van der Waals surface area contributed by atoms with Crippen LogP contribution in [0.5, 0.6) is 11.5 Å². The highest BCUT2D eigenvalue weighted by atomic mass is 35.5. The summed E-state index contributed by atoms with van der Waals surface area (Å²) in [5, 5.41) is 1.27. The predicted molar refractivity (Wildman–Crippen MR) is 198 cm³/mol. The van der Waals surface area contributed by atoms with Gasteiger partial charge in [-0.3, -0.25) is 9.36 Å². The lowest BCUT2D eigenvalue weighted by atomic mass is 9.93. The van der Waals surface area contributed by atoms with E-state index in [2.05, 4.69) is 0 Å². The van der Waals surface area contributed by atoms with Gasteiger partial charge in [-0.1, -0.05) is 94.7 Å². The number of carbonyl (C=O) groups is 1. The van der Waals surface area contributed by atoms with Crippen molar-refractivity contribution in [3.05, 3.63) is 148 Å². The molecule has 12 heteroatoms. The maximum Gasteiger partial charge on any atom is 0.338 e. The Labute approximate surface area is 306 Å². The molecule has 0 fully saturated rings. The number of nitrogens with zero attached hydrogens (tertiary/aromatic N) is 2. The van der Waals surface area contributed by atoms with E-state index in [-0.39, 0.29) is 29.4 Å². The van der Waals surface area contributed by atoms with Crippen LogP contribution >= 0.6 is 57.9 Å². The average molecular weight is 752 g/mol. The van der Waals surface area contributed by atoms with Crippen LogP contribution in [0, 0.1) is 0 Å². The van der Waals surface area contributed by atoms with Gasteiger partial charge in [0.1, 0.15) is 6.61 Å². The molecule has 0 saturated heterocycles. The molecule has 0 amide bonds. The second-order valence-electron chi connectivity index (χ2n) is 10.8. The molecule has 0 saturated carbocycles. The molecule has 7 nitrogen and oxygen atoms in total. The standard InChI is InChI=1S/C37H29Cl3N2O5S2/c1-4-46-36(44)31-32(22-8-6-5-7-9-22)41-37-42(33(31)23-11-14-26(48-3)15-12-23)35(43)30(49-37)18-21-16-28(40)34(29(17-21)45-2)47-20-24-10-13-25(38)19-27(24)39/h5-19,33H,4,20H2,1-3H3/b30-18-/t33-/m0/s1. The van der Waals surface area contributed by atoms with Gasteiger partial charge in [0.25, 0.3) is 5.56 Å². The highest BCUT2D eigenvalue weighted by Crippen LogP contribution is 2.38. The molecular formula is C37H29Cl3N2O5S2. The Bertz CT molecular complexity index is 2250. The lowest BCUT2D eigenvalue weighted by Crippen LogP contribution is -2.40. The molecule has 250 valence electrons. The van der Waals surface area contributed by atoms with Crippen LogP contribution < -0.4 is 24.4 Å². The van der Waals surface area contributed by atoms with E-state index in [0.717, 1.165) is 21.6 Å². The number of fused-ring (bicyclic) bond motifs is 1. The summed E-state index contributed by atoms with van der Waals surface area (Å²) in [6.45, 7) is 2.05. The first-order chi connectivity index (χ1) is 23.7. The summed E-state index contributed by atoms with van der Waals surface area (Å²) < 4.78 is 19.2. The zero-order valence-electron chi connectivity index (χ0n) is 26.5. The largest absolute Gasteiger partial charge is 0.493 e. The van der Waals surface area contributed by atoms with Gasteiger partial charge in [-0.15, -0.1) is 11.8 Å². The third kappa shape index (κ3) is 7.32. The Kier molecular flexibility index (Phi) is 10.9. The molecule has 6 rings (SSSR count). The second kappa shape index (κ2) is 15.3. The average Bonchev–Trinajstić information content (AvgIpc) is 3.41. The Hall–Kier alpha value is -3.99. The predicted octanol–water partition coefficient (Wildman–Crippen LogP) is 8.21. The van der Waals surface area contributed by atoms with Gasteiger partial charge >= 0.3 is 5.97 Å². The fraction of sp³-hybridized carbons (Fsp3) is 0.162. The van der Waals surface area contributed by atoms with Crippen molar-refractivity contribution in [2.24, 2.45) is 4.99 Å². The van der Waals surface area contributed by atoms with E-state index in [1.54, 1.807) is 59.7 Å². The van der Waals surface area contributed by atoms with E-state index >= 15 is 0 Å². The number of hydrogen-bond donors (Lipinski definition) is 0.